The number of esters is 1. The highest BCUT2D eigenvalue weighted by Gasteiger charge is 2.26. The van der Waals surface area contributed by atoms with Gasteiger partial charge >= 0.3 is 5.97 Å². The fraction of sp³-hybridized carbons (Fsp3) is 0.400. The number of likely N-dealkylation sites (tertiary alicyclic amines) is 1. The zero-order valence-electron chi connectivity index (χ0n) is 15.3. The highest BCUT2D eigenvalue weighted by molar-refractivity contribution is 5.92. The third kappa shape index (κ3) is 5.12. The first kappa shape index (κ1) is 19.6. The Hall–Kier alpha value is -2.76. The fourth-order valence-electron chi connectivity index (χ4n) is 2.83. The van der Waals surface area contributed by atoms with E-state index in [0.29, 0.717) is 44.0 Å². The van der Waals surface area contributed by atoms with Crippen LogP contribution in [0.1, 0.15) is 18.4 Å². The molecule has 1 aliphatic rings. The maximum Gasteiger partial charge on any atom is 0.308 e. The number of benzene rings is 1. The molecule has 1 fully saturated rings. The highest BCUT2D eigenvalue weighted by atomic mass is 16.5. The molecule has 2 rings (SSSR count). The average Bonchev–Trinajstić information content (AvgIpc) is 2.70. The van der Waals surface area contributed by atoms with Gasteiger partial charge in [0.05, 0.1) is 20.1 Å². The molecule has 0 N–H and O–H groups in total. The van der Waals surface area contributed by atoms with E-state index in [1.807, 2.05) is 12.1 Å². The Labute approximate surface area is 154 Å². The molecule has 1 aliphatic heterocycles. The average molecular weight is 359 g/mol. The van der Waals surface area contributed by atoms with Crippen molar-refractivity contribution in [1.82, 2.24) is 4.90 Å². The number of hydrogen-bond acceptors (Lipinski definition) is 5. The second kappa shape index (κ2) is 9.65. The molecular weight excluding hydrogens is 334 g/mol. The second-order valence-corrected chi connectivity index (χ2v) is 5.97. The summed E-state index contributed by atoms with van der Waals surface area (Å²) in [6.07, 6.45) is 6.21. The van der Waals surface area contributed by atoms with Crippen LogP contribution < -0.4 is 9.47 Å². The first-order valence-corrected chi connectivity index (χ1v) is 8.55. The van der Waals surface area contributed by atoms with E-state index in [1.165, 1.54) is 13.2 Å². The molecule has 0 spiro atoms. The molecule has 26 heavy (non-hydrogen) atoms. The van der Waals surface area contributed by atoms with Gasteiger partial charge in [-0.2, -0.15) is 0 Å². The van der Waals surface area contributed by atoms with E-state index in [1.54, 1.807) is 30.2 Å². The molecule has 6 nitrogen and oxygen atoms in total. The molecule has 0 unspecified atom stereocenters. The van der Waals surface area contributed by atoms with Crippen LogP contribution >= 0.6 is 0 Å². The number of ether oxygens (including phenoxy) is 3. The van der Waals surface area contributed by atoms with Gasteiger partial charge in [-0.1, -0.05) is 18.7 Å². The van der Waals surface area contributed by atoms with Crippen molar-refractivity contribution in [2.24, 2.45) is 5.92 Å². The number of hydrogen-bond donors (Lipinski definition) is 0. The van der Waals surface area contributed by atoms with Gasteiger partial charge in [-0.3, -0.25) is 9.59 Å². The van der Waals surface area contributed by atoms with E-state index in [4.69, 9.17) is 14.2 Å². The lowest BCUT2D eigenvalue weighted by atomic mass is 9.97. The minimum Gasteiger partial charge on any atom is -0.493 e. The van der Waals surface area contributed by atoms with Crippen molar-refractivity contribution in [3.8, 4) is 11.5 Å². The summed E-state index contributed by atoms with van der Waals surface area (Å²) in [5, 5.41) is 0. The van der Waals surface area contributed by atoms with Crippen molar-refractivity contribution in [2.75, 3.05) is 33.9 Å². The third-order valence-corrected chi connectivity index (χ3v) is 4.30. The van der Waals surface area contributed by atoms with Gasteiger partial charge in [0.25, 0.3) is 0 Å². The van der Waals surface area contributed by atoms with E-state index < -0.39 is 0 Å². The van der Waals surface area contributed by atoms with Gasteiger partial charge in [0, 0.05) is 19.2 Å². The van der Waals surface area contributed by atoms with Crippen molar-refractivity contribution >= 4 is 18.0 Å². The first-order valence-electron chi connectivity index (χ1n) is 8.55. The lowest BCUT2D eigenvalue weighted by Gasteiger charge is -2.29. The van der Waals surface area contributed by atoms with Gasteiger partial charge in [0.15, 0.2) is 11.5 Å². The van der Waals surface area contributed by atoms with Crippen molar-refractivity contribution in [2.45, 2.75) is 12.8 Å². The minimum absolute atomic E-state index is 0.0701. The van der Waals surface area contributed by atoms with Crippen LogP contribution in [0, 0.1) is 5.92 Å². The monoisotopic (exact) mass is 359 g/mol. The van der Waals surface area contributed by atoms with Gasteiger partial charge in [-0.05, 0) is 36.6 Å². The Morgan fingerprint density at radius 2 is 1.96 bits per heavy atom. The number of piperidine rings is 1. The second-order valence-electron chi connectivity index (χ2n) is 5.97. The summed E-state index contributed by atoms with van der Waals surface area (Å²) in [6, 6.07) is 5.47. The van der Waals surface area contributed by atoms with Crippen LogP contribution in [-0.2, 0) is 14.3 Å². The molecule has 0 saturated carbocycles. The molecule has 1 saturated heterocycles. The zero-order valence-corrected chi connectivity index (χ0v) is 15.3. The van der Waals surface area contributed by atoms with E-state index in [9.17, 15) is 9.59 Å². The summed E-state index contributed by atoms with van der Waals surface area (Å²) in [5.41, 5.74) is 0.839. The molecule has 6 heteroatoms. The van der Waals surface area contributed by atoms with Crippen molar-refractivity contribution in [3.05, 3.63) is 42.5 Å². The number of carbonyl (C=O) groups excluding carboxylic acids is 2. The summed E-state index contributed by atoms with van der Waals surface area (Å²) in [4.78, 5) is 25.6. The predicted octanol–water partition coefficient (Wildman–Crippen LogP) is 2.68. The standard InChI is InChI=1S/C20H25NO5/c1-4-13-26-17-7-5-15(14-18(17)24-2)6-8-19(22)21-11-9-16(10-12-21)20(23)25-3/h4-8,14,16H,1,9-13H2,2-3H3/b8-6-. The van der Waals surface area contributed by atoms with E-state index in [-0.39, 0.29) is 17.8 Å². The fourth-order valence-corrected chi connectivity index (χ4v) is 2.83. The van der Waals surface area contributed by atoms with Crippen molar-refractivity contribution in [3.63, 3.8) is 0 Å². The smallest absolute Gasteiger partial charge is 0.308 e. The topological polar surface area (TPSA) is 65.1 Å². The van der Waals surface area contributed by atoms with Gasteiger partial charge in [0.1, 0.15) is 6.61 Å². The number of methoxy groups -OCH3 is 2. The molecule has 1 heterocycles. The Morgan fingerprint density at radius 3 is 2.58 bits per heavy atom. The normalized spacial score (nSPS) is 14.9. The summed E-state index contributed by atoms with van der Waals surface area (Å²) >= 11 is 0. The van der Waals surface area contributed by atoms with Crippen LogP contribution in [0.2, 0.25) is 0 Å². The molecule has 1 amide bonds. The molecule has 1 aromatic rings. The highest BCUT2D eigenvalue weighted by Crippen LogP contribution is 2.28. The van der Waals surface area contributed by atoms with Gasteiger partial charge < -0.3 is 19.1 Å². The van der Waals surface area contributed by atoms with E-state index in [0.717, 1.165) is 5.56 Å². The summed E-state index contributed by atoms with van der Waals surface area (Å²) in [7, 11) is 2.96. The largest absolute Gasteiger partial charge is 0.493 e. The van der Waals surface area contributed by atoms with Crippen molar-refractivity contribution < 1.29 is 23.8 Å². The van der Waals surface area contributed by atoms with Crippen LogP contribution in [0.5, 0.6) is 11.5 Å². The Kier molecular flexibility index (Phi) is 7.26. The molecule has 140 valence electrons. The molecule has 0 bridgehead atoms. The van der Waals surface area contributed by atoms with Gasteiger partial charge in [-0.15, -0.1) is 0 Å². The molecule has 0 radical (unpaired) electrons. The van der Waals surface area contributed by atoms with Crippen molar-refractivity contribution in [1.29, 1.82) is 0 Å². The van der Waals surface area contributed by atoms with E-state index >= 15 is 0 Å². The van der Waals surface area contributed by atoms with E-state index in [2.05, 4.69) is 6.58 Å². The summed E-state index contributed by atoms with van der Waals surface area (Å²) in [5.74, 6) is 0.847. The quantitative estimate of drug-likeness (QED) is 0.425. The molecule has 0 atom stereocenters. The maximum atomic E-state index is 12.3. The first-order chi connectivity index (χ1) is 12.6. The Balaban J connectivity index is 1.95. The molecule has 0 aromatic heterocycles. The van der Waals surface area contributed by atoms with Crippen LogP contribution in [0.15, 0.2) is 36.9 Å². The van der Waals surface area contributed by atoms with Gasteiger partial charge in [-0.25, -0.2) is 0 Å². The SMILES string of the molecule is C=CCOc1ccc(/C=C\C(=O)N2CCC(C(=O)OC)CC2)cc1OC. The minimum atomic E-state index is -0.196. The Bertz CT molecular complexity index is 675. The maximum absolute atomic E-state index is 12.3. The molecule has 0 aliphatic carbocycles. The van der Waals surface area contributed by atoms with Gasteiger partial charge in [0.2, 0.25) is 5.91 Å². The van der Waals surface area contributed by atoms with Crippen LogP contribution in [0.3, 0.4) is 0 Å². The number of amides is 1. The number of nitrogens with zero attached hydrogens (tertiary/aromatic N) is 1. The molecule has 1 aromatic carbocycles. The molecular formula is C20H25NO5. The third-order valence-electron chi connectivity index (χ3n) is 4.30. The van der Waals surface area contributed by atoms with Crippen LogP contribution in [-0.4, -0.2) is 50.7 Å². The zero-order chi connectivity index (χ0) is 18.9. The lowest BCUT2D eigenvalue weighted by Crippen LogP contribution is -2.39. The lowest BCUT2D eigenvalue weighted by molar-refractivity contribution is -0.148. The summed E-state index contributed by atoms with van der Waals surface area (Å²) in [6.45, 7) is 5.12. The summed E-state index contributed by atoms with van der Waals surface area (Å²) < 4.78 is 15.6. The predicted molar refractivity (Wildman–Crippen MR) is 99.0 cm³/mol. The number of carbonyl (C=O) groups is 2. The van der Waals surface area contributed by atoms with Crippen LogP contribution in [0.25, 0.3) is 6.08 Å². The Morgan fingerprint density at radius 1 is 1.23 bits per heavy atom. The van der Waals surface area contributed by atoms with Crippen LogP contribution in [0.4, 0.5) is 0 Å². The number of rotatable bonds is 7.